The molecule has 28 heavy (non-hydrogen) atoms. The molecular formula is C21H25NO5S. The number of ether oxygens (including phenoxy) is 2. The maximum Gasteiger partial charge on any atom is 0.341 e. The molecule has 0 aliphatic carbocycles. The van der Waals surface area contributed by atoms with Gasteiger partial charge in [-0.05, 0) is 62.9 Å². The first-order chi connectivity index (χ1) is 13.3. The van der Waals surface area contributed by atoms with Crippen LogP contribution in [0.15, 0.2) is 18.2 Å². The van der Waals surface area contributed by atoms with Gasteiger partial charge in [-0.2, -0.15) is 0 Å². The molecule has 6 nitrogen and oxygen atoms in total. The SMILES string of the molecule is CCOC(=O)c1c(NC(=O)COC(=O)c2ccc(C)c(C)c2)sc(CC)c1C. The Morgan fingerprint density at radius 1 is 1.00 bits per heavy atom. The summed E-state index contributed by atoms with van der Waals surface area (Å²) in [5, 5.41) is 3.09. The van der Waals surface area contributed by atoms with Crippen LogP contribution in [-0.4, -0.2) is 31.1 Å². The number of carbonyl (C=O) groups excluding carboxylic acids is 3. The topological polar surface area (TPSA) is 81.7 Å². The largest absolute Gasteiger partial charge is 0.462 e. The van der Waals surface area contributed by atoms with Crippen molar-refractivity contribution in [1.29, 1.82) is 0 Å². The molecule has 0 radical (unpaired) electrons. The standard InChI is InChI=1S/C21H25NO5S/c1-6-16-14(5)18(21(25)26-7-2)19(28-16)22-17(23)11-27-20(24)15-9-8-12(3)13(4)10-15/h8-10H,6-7,11H2,1-5H3,(H,22,23). The number of rotatable bonds is 7. The predicted octanol–water partition coefficient (Wildman–Crippen LogP) is 4.21. The fraction of sp³-hybridized carbons (Fsp3) is 0.381. The third-order valence-corrected chi connectivity index (χ3v) is 5.73. The molecule has 0 fully saturated rings. The third kappa shape index (κ3) is 4.98. The van der Waals surface area contributed by atoms with Crippen molar-refractivity contribution in [3.8, 4) is 0 Å². The lowest BCUT2D eigenvalue weighted by atomic mass is 10.1. The lowest BCUT2D eigenvalue weighted by molar-refractivity contribution is -0.119. The van der Waals surface area contributed by atoms with Crippen LogP contribution in [0.1, 0.15) is 56.1 Å². The quantitative estimate of drug-likeness (QED) is 0.701. The molecule has 2 aromatic rings. The Morgan fingerprint density at radius 3 is 2.32 bits per heavy atom. The van der Waals surface area contributed by atoms with Crippen molar-refractivity contribution in [2.24, 2.45) is 0 Å². The number of nitrogens with one attached hydrogen (secondary N) is 1. The highest BCUT2D eigenvalue weighted by molar-refractivity contribution is 7.17. The summed E-state index contributed by atoms with van der Waals surface area (Å²) in [6.45, 7) is 9.20. The molecule has 7 heteroatoms. The molecule has 0 unspecified atom stereocenters. The maximum absolute atomic E-state index is 12.3. The van der Waals surface area contributed by atoms with Crippen LogP contribution in [0.2, 0.25) is 0 Å². The molecule has 0 bridgehead atoms. The van der Waals surface area contributed by atoms with Gasteiger partial charge < -0.3 is 14.8 Å². The molecule has 0 saturated carbocycles. The third-order valence-electron chi connectivity index (χ3n) is 4.38. The zero-order chi connectivity index (χ0) is 20.8. The van der Waals surface area contributed by atoms with E-state index in [1.165, 1.54) is 11.3 Å². The highest BCUT2D eigenvalue weighted by atomic mass is 32.1. The Hall–Kier alpha value is -2.67. The molecule has 1 aromatic carbocycles. The van der Waals surface area contributed by atoms with E-state index in [2.05, 4.69) is 5.32 Å². The molecular weight excluding hydrogens is 378 g/mol. The van der Waals surface area contributed by atoms with E-state index in [0.29, 0.717) is 16.1 Å². The lowest BCUT2D eigenvalue weighted by Gasteiger charge is -2.08. The molecule has 1 heterocycles. The van der Waals surface area contributed by atoms with E-state index < -0.39 is 24.5 Å². The summed E-state index contributed by atoms with van der Waals surface area (Å²) in [5.41, 5.74) is 3.59. The molecule has 1 amide bonds. The van der Waals surface area contributed by atoms with Crippen LogP contribution in [0.25, 0.3) is 0 Å². The van der Waals surface area contributed by atoms with E-state index in [4.69, 9.17) is 9.47 Å². The van der Waals surface area contributed by atoms with Crippen LogP contribution in [0, 0.1) is 20.8 Å². The number of esters is 2. The van der Waals surface area contributed by atoms with Crippen LogP contribution in [0.5, 0.6) is 0 Å². The molecule has 0 spiro atoms. The summed E-state index contributed by atoms with van der Waals surface area (Å²) >= 11 is 1.33. The monoisotopic (exact) mass is 403 g/mol. The minimum Gasteiger partial charge on any atom is -0.462 e. The first-order valence-corrected chi connectivity index (χ1v) is 9.93. The number of aryl methyl sites for hydroxylation is 3. The van der Waals surface area contributed by atoms with Gasteiger partial charge in [0.1, 0.15) is 5.00 Å². The molecule has 150 valence electrons. The molecule has 1 aromatic heterocycles. The van der Waals surface area contributed by atoms with E-state index in [9.17, 15) is 14.4 Å². The second-order valence-corrected chi connectivity index (χ2v) is 7.46. The van der Waals surface area contributed by atoms with E-state index in [-0.39, 0.29) is 6.61 Å². The first kappa shape index (κ1) is 21.6. The highest BCUT2D eigenvalue weighted by Gasteiger charge is 2.23. The summed E-state index contributed by atoms with van der Waals surface area (Å²) in [6.07, 6.45) is 0.737. The molecule has 0 aliphatic heterocycles. The Morgan fingerprint density at radius 2 is 1.71 bits per heavy atom. The van der Waals surface area contributed by atoms with E-state index in [1.54, 1.807) is 19.1 Å². The number of hydrogen-bond acceptors (Lipinski definition) is 6. The van der Waals surface area contributed by atoms with Crippen LogP contribution in [-0.2, 0) is 20.7 Å². The molecule has 0 saturated heterocycles. The van der Waals surface area contributed by atoms with Crippen molar-refractivity contribution in [2.45, 2.75) is 41.0 Å². The summed E-state index contributed by atoms with van der Waals surface area (Å²) in [6, 6.07) is 5.22. The summed E-state index contributed by atoms with van der Waals surface area (Å²) < 4.78 is 10.2. The number of carbonyl (C=O) groups is 3. The Labute approximate surface area is 168 Å². The molecule has 1 N–H and O–H groups in total. The highest BCUT2D eigenvalue weighted by Crippen LogP contribution is 2.34. The molecule has 0 atom stereocenters. The maximum atomic E-state index is 12.3. The summed E-state index contributed by atoms with van der Waals surface area (Å²) in [4.78, 5) is 37.7. The van der Waals surface area contributed by atoms with Crippen molar-refractivity contribution < 1.29 is 23.9 Å². The van der Waals surface area contributed by atoms with Gasteiger partial charge in [0.2, 0.25) is 0 Å². The van der Waals surface area contributed by atoms with Gasteiger partial charge in [-0.3, -0.25) is 4.79 Å². The Balaban J connectivity index is 2.07. The van der Waals surface area contributed by atoms with Gasteiger partial charge in [-0.15, -0.1) is 11.3 Å². The fourth-order valence-corrected chi connectivity index (χ4v) is 3.83. The van der Waals surface area contributed by atoms with Gasteiger partial charge in [0, 0.05) is 4.88 Å². The fourth-order valence-electron chi connectivity index (χ4n) is 2.68. The van der Waals surface area contributed by atoms with Crippen LogP contribution in [0.3, 0.4) is 0 Å². The molecule has 2 rings (SSSR count). The number of benzene rings is 1. The van der Waals surface area contributed by atoms with Crippen molar-refractivity contribution in [2.75, 3.05) is 18.5 Å². The minimum atomic E-state index is -0.569. The second kappa shape index (κ2) is 9.50. The number of thiophene rings is 1. The average Bonchev–Trinajstić information content (AvgIpc) is 2.97. The first-order valence-electron chi connectivity index (χ1n) is 9.12. The Bertz CT molecular complexity index is 900. The van der Waals surface area contributed by atoms with Gasteiger partial charge in [0.25, 0.3) is 5.91 Å². The van der Waals surface area contributed by atoms with Crippen LogP contribution < -0.4 is 5.32 Å². The van der Waals surface area contributed by atoms with Gasteiger partial charge in [-0.1, -0.05) is 13.0 Å². The summed E-state index contributed by atoms with van der Waals surface area (Å²) in [7, 11) is 0. The van der Waals surface area contributed by atoms with Gasteiger partial charge >= 0.3 is 11.9 Å². The van der Waals surface area contributed by atoms with Gasteiger partial charge in [0.05, 0.1) is 17.7 Å². The Kier molecular flexibility index (Phi) is 7.34. The van der Waals surface area contributed by atoms with Crippen molar-refractivity contribution in [3.05, 3.63) is 50.9 Å². The number of hydrogen-bond donors (Lipinski definition) is 1. The zero-order valence-electron chi connectivity index (χ0n) is 16.8. The number of amides is 1. The summed E-state index contributed by atoms with van der Waals surface area (Å²) in [5.74, 6) is -1.55. The van der Waals surface area contributed by atoms with Crippen LogP contribution in [0.4, 0.5) is 5.00 Å². The van der Waals surface area contributed by atoms with Crippen LogP contribution >= 0.6 is 11.3 Å². The van der Waals surface area contributed by atoms with Gasteiger partial charge in [-0.25, -0.2) is 9.59 Å². The average molecular weight is 404 g/mol. The second-order valence-electron chi connectivity index (χ2n) is 6.35. The van der Waals surface area contributed by atoms with Crippen molar-refractivity contribution in [3.63, 3.8) is 0 Å². The van der Waals surface area contributed by atoms with E-state index in [1.807, 2.05) is 33.8 Å². The molecule has 0 aliphatic rings. The minimum absolute atomic E-state index is 0.247. The van der Waals surface area contributed by atoms with Gasteiger partial charge in [0.15, 0.2) is 6.61 Å². The normalized spacial score (nSPS) is 10.5. The zero-order valence-corrected chi connectivity index (χ0v) is 17.6. The van der Waals surface area contributed by atoms with Crippen molar-refractivity contribution >= 4 is 34.2 Å². The smallest absolute Gasteiger partial charge is 0.341 e. The number of anilines is 1. The van der Waals surface area contributed by atoms with Crippen molar-refractivity contribution in [1.82, 2.24) is 0 Å². The van der Waals surface area contributed by atoms with E-state index >= 15 is 0 Å². The van der Waals surface area contributed by atoms with E-state index in [0.717, 1.165) is 28.0 Å². The lowest BCUT2D eigenvalue weighted by Crippen LogP contribution is -2.21. The predicted molar refractivity (Wildman–Crippen MR) is 109 cm³/mol.